The number of hydrogen-bond donors (Lipinski definition) is 3. The molecular formula is C19H27N5O2. The highest BCUT2D eigenvalue weighted by Gasteiger charge is 2.17. The third-order valence-electron chi connectivity index (χ3n) is 4.95. The molecule has 1 aliphatic rings. The molecule has 2 aromatic rings. The number of nitrogens with one attached hydrogen (secondary N) is 3. The van der Waals surface area contributed by atoms with E-state index in [2.05, 4.69) is 44.9 Å². The van der Waals surface area contributed by atoms with Crippen LogP contribution >= 0.6 is 0 Å². The monoisotopic (exact) mass is 357 g/mol. The van der Waals surface area contributed by atoms with E-state index in [4.69, 9.17) is 0 Å². The number of aromatic nitrogens is 3. The summed E-state index contributed by atoms with van der Waals surface area (Å²) in [5.74, 6) is 0.785. The van der Waals surface area contributed by atoms with Crippen LogP contribution in [0.4, 0.5) is 5.95 Å². The zero-order valence-corrected chi connectivity index (χ0v) is 15.6. The van der Waals surface area contributed by atoms with Crippen molar-refractivity contribution in [3.8, 4) is 0 Å². The minimum absolute atomic E-state index is 0.0749. The van der Waals surface area contributed by atoms with Crippen LogP contribution in [0.15, 0.2) is 33.9 Å². The van der Waals surface area contributed by atoms with Crippen molar-refractivity contribution in [2.24, 2.45) is 0 Å². The Labute approximate surface area is 152 Å². The van der Waals surface area contributed by atoms with Crippen LogP contribution in [0.25, 0.3) is 0 Å². The number of hydrogen-bond acceptors (Lipinski definition) is 5. The molecule has 140 valence electrons. The van der Waals surface area contributed by atoms with E-state index in [1.807, 2.05) is 6.92 Å². The highest BCUT2D eigenvalue weighted by atomic mass is 16.2. The molecule has 2 heterocycles. The molecule has 1 saturated heterocycles. The first kappa shape index (κ1) is 18.4. The van der Waals surface area contributed by atoms with Crippen molar-refractivity contribution in [2.45, 2.75) is 51.6 Å². The van der Waals surface area contributed by atoms with Crippen LogP contribution in [0.5, 0.6) is 0 Å². The molecule has 1 aromatic heterocycles. The van der Waals surface area contributed by atoms with Gasteiger partial charge in [0, 0.05) is 6.04 Å². The lowest BCUT2D eigenvalue weighted by molar-refractivity contribution is 0.460. The summed E-state index contributed by atoms with van der Waals surface area (Å²) >= 11 is 0. The van der Waals surface area contributed by atoms with Crippen molar-refractivity contribution in [1.82, 2.24) is 19.9 Å². The summed E-state index contributed by atoms with van der Waals surface area (Å²) in [4.78, 5) is 30.8. The van der Waals surface area contributed by atoms with Crippen LogP contribution in [0.2, 0.25) is 0 Å². The fourth-order valence-corrected chi connectivity index (χ4v) is 3.48. The first-order chi connectivity index (χ1) is 12.5. The van der Waals surface area contributed by atoms with Crippen LogP contribution in [-0.4, -0.2) is 27.6 Å². The quantitative estimate of drug-likeness (QED) is 0.763. The highest BCUT2D eigenvalue weighted by molar-refractivity contribution is 5.34. The van der Waals surface area contributed by atoms with Crippen molar-refractivity contribution in [2.75, 3.05) is 18.4 Å². The molecule has 0 amide bonds. The Hall–Kier alpha value is -2.41. The topological polar surface area (TPSA) is 91.8 Å². The Kier molecular flexibility index (Phi) is 5.56. The van der Waals surface area contributed by atoms with Crippen molar-refractivity contribution in [3.63, 3.8) is 0 Å². The van der Waals surface area contributed by atoms with E-state index in [1.54, 1.807) is 13.8 Å². The van der Waals surface area contributed by atoms with Crippen LogP contribution < -0.4 is 22.0 Å². The Morgan fingerprint density at radius 2 is 1.92 bits per heavy atom. The van der Waals surface area contributed by atoms with Crippen LogP contribution in [0, 0.1) is 0 Å². The van der Waals surface area contributed by atoms with E-state index in [0.29, 0.717) is 5.92 Å². The molecule has 3 rings (SSSR count). The molecule has 26 heavy (non-hydrogen) atoms. The van der Waals surface area contributed by atoms with Gasteiger partial charge in [0.25, 0.3) is 0 Å². The Bertz CT molecular complexity index is 833. The predicted octanol–water partition coefficient (Wildman–Crippen LogP) is 2.15. The molecule has 0 saturated carbocycles. The second-order valence-electron chi connectivity index (χ2n) is 7.20. The molecule has 7 heteroatoms. The lowest BCUT2D eigenvalue weighted by Gasteiger charge is -2.24. The lowest BCUT2D eigenvalue weighted by Crippen LogP contribution is -2.39. The molecule has 1 aromatic carbocycles. The Balaban J connectivity index is 1.79. The first-order valence-corrected chi connectivity index (χ1v) is 9.25. The van der Waals surface area contributed by atoms with Gasteiger partial charge in [-0.3, -0.25) is 4.98 Å². The maximum Gasteiger partial charge on any atom is 0.355 e. The third-order valence-corrected chi connectivity index (χ3v) is 4.95. The number of anilines is 1. The summed E-state index contributed by atoms with van der Waals surface area (Å²) in [6, 6.07) is 8.20. The van der Waals surface area contributed by atoms with Crippen molar-refractivity contribution in [1.29, 1.82) is 0 Å². The summed E-state index contributed by atoms with van der Waals surface area (Å²) in [6.45, 7) is 7.66. The van der Waals surface area contributed by atoms with Gasteiger partial charge in [0.2, 0.25) is 5.95 Å². The number of H-pyrrole nitrogens is 1. The van der Waals surface area contributed by atoms with E-state index >= 15 is 0 Å². The van der Waals surface area contributed by atoms with E-state index in [0.717, 1.165) is 36.1 Å². The van der Waals surface area contributed by atoms with Crippen LogP contribution in [-0.2, 0) is 0 Å². The molecule has 0 radical (unpaired) electrons. The van der Waals surface area contributed by atoms with Crippen molar-refractivity contribution < 1.29 is 0 Å². The standard InChI is InChI=1S/C19H27N5O2/c1-12(2)24-18(25)22-17(23-19(24)26)21-13(3)15-5-4-6-16(11-15)14-7-9-20-10-8-14/h4-6,11-14,20H,7-10H2,1-3H3,(H2,21,22,23,25,26)/t13-/m0/s1. The fourth-order valence-electron chi connectivity index (χ4n) is 3.48. The van der Waals surface area contributed by atoms with Gasteiger partial charge in [0.15, 0.2) is 0 Å². The molecule has 0 aliphatic carbocycles. The fraction of sp³-hybridized carbons (Fsp3) is 0.526. The first-order valence-electron chi connectivity index (χ1n) is 9.25. The van der Waals surface area contributed by atoms with Gasteiger partial charge in [-0.25, -0.2) is 14.2 Å². The van der Waals surface area contributed by atoms with Gasteiger partial charge >= 0.3 is 11.4 Å². The summed E-state index contributed by atoms with van der Waals surface area (Å²) in [5, 5.41) is 6.54. The third kappa shape index (κ3) is 4.04. The zero-order chi connectivity index (χ0) is 18.7. The summed E-state index contributed by atoms with van der Waals surface area (Å²) in [5.41, 5.74) is 1.46. The predicted molar refractivity (Wildman–Crippen MR) is 103 cm³/mol. The minimum Gasteiger partial charge on any atom is -0.349 e. The maximum atomic E-state index is 12.1. The van der Waals surface area contributed by atoms with Crippen molar-refractivity contribution >= 4 is 5.95 Å². The zero-order valence-electron chi connectivity index (χ0n) is 15.6. The van der Waals surface area contributed by atoms with Crippen LogP contribution in [0.3, 0.4) is 0 Å². The Morgan fingerprint density at radius 1 is 1.19 bits per heavy atom. The van der Waals surface area contributed by atoms with E-state index in [-0.39, 0.29) is 18.0 Å². The number of piperidine rings is 1. The number of aromatic amines is 1. The molecule has 0 bridgehead atoms. The summed E-state index contributed by atoms with van der Waals surface area (Å²) in [7, 11) is 0. The molecule has 0 spiro atoms. The molecular weight excluding hydrogens is 330 g/mol. The van der Waals surface area contributed by atoms with E-state index in [9.17, 15) is 9.59 Å². The second kappa shape index (κ2) is 7.86. The van der Waals surface area contributed by atoms with E-state index in [1.165, 1.54) is 5.56 Å². The summed E-state index contributed by atoms with van der Waals surface area (Å²) in [6.07, 6.45) is 2.29. The molecule has 1 aliphatic heterocycles. The van der Waals surface area contributed by atoms with Gasteiger partial charge in [0.1, 0.15) is 0 Å². The summed E-state index contributed by atoms with van der Waals surface area (Å²) < 4.78 is 1.10. The average Bonchev–Trinajstić information content (AvgIpc) is 2.61. The smallest absolute Gasteiger partial charge is 0.349 e. The highest BCUT2D eigenvalue weighted by Crippen LogP contribution is 2.27. The maximum absolute atomic E-state index is 12.1. The number of nitrogens with zero attached hydrogens (tertiary/aromatic N) is 2. The van der Waals surface area contributed by atoms with Gasteiger partial charge < -0.3 is 10.6 Å². The normalized spacial score (nSPS) is 16.6. The number of benzene rings is 1. The van der Waals surface area contributed by atoms with Gasteiger partial charge in [-0.2, -0.15) is 4.98 Å². The molecule has 7 nitrogen and oxygen atoms in total. The van der Waals surface area contributed by atoms with Gasteiger partial charge in [-0.05, 0) is 63.7 Å². The molecule has 0 unspecified atom stereocenters. The Morgan fingerprint density at radius 3 is 2.58 bits per heavy atom. The largest absolute Gasteiger partial charge is 0.355 e. The average molecular weight is 357 g/mol. The van der Waals surface area contributed by atoms with Gasteiger partial charge in [-0.1, -0.05) is 24.3 Å². The molecule has 3 N–H and O–H groups in total. The lowest BCUT2D eigenvalue weighted by atomic mass is 9.88. The van der Waals surface area contributed by atoms with E-state index < -0.39 is 11.4 Å². The van der Waals surface area contributed by atoms with Gasteiger partial charge in [0.05, 0.1) is 6.04 Å². The molecule has 1 fully saturated rings. The van der Waals surface area contributed by atoms with Crippen molar-refractivity contribution in [3.05, 3.63) is 56.4 Å². The molecule has 1 atom stereocenters. The minimum atomic E-state index is -0.540. The van der Waals surface area contributed by atoms with Crippen LogP contribution in [0.1, 0.15) is 62.7 Å². The van der Waals surface area contributed by atoms with Gasteiger partial charge in [-0.15, -0.1) is 0 Å². The SMILES string of the molecule is CC(C)n1c(=O)nc(N[C@@H](C)c2cccc(C3CCNCC3)c2)[nH]c1=O. The number of rotatable bonds is 5. The second-order valence-corrected chi connectivity index (χ2v) is 7.20.